The van der Waals surface area contributed by atoms with Crippen LogP contribution in [0.25, 0.3) is 0 Å². The second-order valence-electron chi connectivity index (χ2n) is 9.89. The summed E-state index contributed by atoms with van der Waals surface area (Å²) in [5, 5.41) is 11.2. The number of nitrogens with one attached hydrogen (secondary N) is 2. The second kappa shape index (κ2) is 11.8. The smallest absolute Gasteiger partial charge is 0.328 e. The molecule has 0 saturated heterocycles. The molecule has 2 N–H and O–H groups in total. The molecule has 36 heavy (non-hydrogen) atoms. The lowest BCUT2D eigenvalue weighted by Gasteiger charge is -2.26. The number of benzene rings is 1. The Bertz CT molecular complexity index is 1170. The van der Waals surface area contributed by atoms with E-state index in [4.69, 9.17) is 10.1 Å². The topological polar surface area (TPSA) is 112 Å². The minimum absolute atomic E-state index is 0. The molecular weight excluding hydrogens is 524 g/mol. The van der Waals surface area contributed by atoms with Crippen molar-refractivity contribution >= 4 is 40.5 Å². The highest BCUT2D eigenvalue weighted by atomic mass is 79.9. The van der Waals surface area contributed by atoms with Gasteiger partial charge in [0.05, 0.1) is 13.7 Å². The normalized spacial score (nSPS) is 13.5. The van der Waals surface area contributed by atoms with E-state index in [-0.39, 0.29) is 52.9 Å². The number of amides is 1. The first kappa shape index (κ1) is 29.2. The Morgan fingerprint density at radius 3 is 2.47 bits per heavy atom. The molecule has 0 aliphatic carbocycles. The van der Waals surface area contributed by atoms with Crippen molar-refractivity contribution in [3.8, 4) is 0 Å². The zero-order chi connectivity index (χ0) is 25.9. The molecule has 3 rings (SSSR count). The van der Waals surface area contributed by atoms with Crippen molar-refractivity contribution in [1.82, 2.24) is 15.2 Å². The van der Waals surface area contributed by atoms with Gasteiger partial charge >= 0.3 is 5.97 Å². The molecule has 0 saturated carbocycles. The molecule has 1 aromatic carbocycles. The number of ether oxygens (including phenoxy) is 1. The van der Waals surface area contributed by atoms with Gasteiger partial charge in [-0.1, -0.05) is 45.9 Å². The Morgan fingerprint density at radius 2 is 1.89 bits per heavy atom. The van der Waals surface area contributed by atoms with Crippen LogP contribution in [-0.4, -0.2) is 53.1 Å². The monoisotopic (exact) mass is 558 g/mol. The van der Waals surface area contributed by atoms with Crippen molar-refractivity contribution in [3.63, 3.8) is 0 Å². The van der Waals surface area contributed by atoms with E-state index in [1.807, 2.05) is 52.0 Å². The standard InChI is InChI=1S/C27H34N4O4.BrH/c1-7-20-11-10-19-14-31(25(28)24(19)30-20)15-23(33)18-9-8-17(21(12-18)27(3,4)5)13-22(26(34)35-6)29-16(2)32;/h8-12,22,28H,7,13-15H2,1-6H3,(H,29,32);1H. The lowest BCUT2D eigenvalue weighted by molar-refractivity contribution is -0.144. The molecule has 2 heterocycles. The largest absolute Gasteiger partial charge is 0.467 e. The summed E-state index contributed by atoms with van der Waals surface area (Å²) in [6, 6.07) is 8.58. The van der Waals surface area contributed by atoms with E-state index in [0.29, 0.717) is 17.8 Å². The lowest BCUT2D eigenvalue weighted by atomic mass is 9.81. The number of hydrogen-bond acceptors (Lipinski definition) is 6. The minimum atomic E-state index is -0.816. The number of methoxy groups -OCH3 is 1. The summed E-state index contributed by atoms with van der Waals surface area (Å²) in [4.78, 5) is 43.4. The number of carbonyl (C=O) groups is 3. The number of aromatic nitrogens is 1. The maximum Gasteiger partial charge on any atom is 0.328 e. The molecule has 1 unspecified atom stereocenters. The van der Waals surface area contributed by atoms with Gasteiger partial charge in [0, 0.05) is 36.7 Å². The number of ketones is 1. The molecule has 0 fully saturated rings. The van der Waals surface area contributed by atoms with E-state index in [1.165, 1.54) is 14.0 Å². The highest BCUT2D eigenvalue weighted by Gasteiger charge is 2.29. The zero-order valence-corrected chi connectivity index (χ0v) is 23.4. The Balaban J connectivity index is 0.00000456. The average Bonchev–Trinajstić information content (AvgIpc) is 3.11. The molecule has 0 radical (unpaired) electrons. The van der Waals surface area contributed by atoms with E-state index >= 15 is 0 Å². The van der Waals surface area contributed by atoms with Crippen LogP contribution in [0.5, 0.6) is 0 Å². The van der Waals surface area contributed by atoms with Crippen LogP contribution < -0.4 is 5.32 Å². The fourth-order valence-electron chi connectivity index (χ4n) is 4.32. The van der Waals surface area contributed by atoms with Crippen LogP contribution in [0, 0.1) is 5.41 Å². The Labute approximate surface area is 223 Å². The third-order valence-corrected chi connectivity index (χ3v) is 6.16. The van der Waals surface area contributed by atoms with Gasteiger partial charge in [-0.2, -0.15) is 0 Å². The highest BCUT2D eigenvalue weighted by molar-refractivity contribution is 8.93. The van der Waals surface area contributed by atoms with Crippen molar-refractivity contribution in [1.29, 1.82) is 5.41 Å². The lowest BCUT2D eigenvalue weighted by Crippen LogP contribution is -2.42. The van der Waals surface area contributed by atoms with Crippen molar-refractivity contribution < 1.29 is 19.1 Å². The number of carbonyl (C=O) groups excluding carboxylic acids is 3. The van der Waals surface area contributed by atoms with Crippen LogP contribution in [0.15, 0.2) is 30.3 Å². The van der Waals surface area contributed by atoms with Crippen LogP contribution in [0.4, 0.5) is 0 Å². The summed E-state index contributed by atoms with van der Waals surface area (Å²) in [5.41, 5.74) is 4.54. The van der Waals surface area contributed by atoms with Gasteiger partial charge in [-0.15, -0.1) is 17.0 Å². The molecule has 1 aliphatic rings. The van der Waals surface area contributed by atoms with Gasteiger partial charge in [-0.25, -0.2) is 9.78 Å². The van der Waals surface area contributed by atoms with Crippen molar-refractivity contribution in [2.24, 2.45) is 0 Å². The van der Waals surface area contributed by atoms with Gasteiger partial charge in [-0.3, -0.25) is 15.0 Å². The summed E-state index contributed by atoms with van der Waals surface area (Å²) in [6.07, 6.45) is 1.05. The molecule has 2 aromatic rings. The Hall–Kier alpha value is -3.07. The number of Topliss-reactive ketones (excluding diaryl/α,β-unsaturated/α-hetero) is 1. The SMILES string of the molecule is Br.CCc1ccc2c(n1)C(=N)N(CC(=O)c1ccc(CC(NC(C)=O)C(=O)OC)c(C(C)(C)C)c1)C2. The van der Waals surface area contributed by atoms with Gasteiger partial charge < -0.3 is 15.0 Å². The van der Waals surface area contributed by atoms with Crippen LogP contribution in [0.1, 0.15) is 73.1 Å². The van der Waals surface area contributed by atoms with E-state index in [1.54, 1.807) is 11.0 Å². The van der Waals surface area contributed by atoms with Crippen LogP contribution in [-0.2, 0) is 39.1 Å². The van der Waals surface area contributed by atoms with E-state index < -0.39 is 12.0 Å². The maximum absolute atomic E-state index is 13.2. The van der Waals surface area contributed by atoms with Gasteiger partial charge in [0.2, 0.25) is 5.91 Å². The second-order valence-corrected chi connectivity index (χ2v) is 9.89. The predicted molar refractivity (Wildman–Crippen MR) is 144 cm³/mol. The number of amidine groups is 1. The molecule has 1 amide bonds. The number of fused-ring (bicyclic) bond motifs is 1. The third-order valence-electron chi connectivity index (χ3n) is 6.16. The van der Waals surface area contributed by atoms with Gasteiger partial charge in [0.15, 0.2) is 5.78 Å². The van der Waals surface area contributed by atoms with E-state index in [0.717, 1.165) is 28.8 Å². The zero-order valence-electron chi connectivity index (χ0n) is 21.7. The first-order valence-corrected chi connectivity index (χ1v) is 11.8. The van der Waals surface area contributed by atoms with Crippen molar-refractivity contribution in [2.75, 3.05) is 13.7 Å². The third kappa shape index (κ3) is 6.57. The van der Waals surface area contributed by atoms with Crippen LogP contribution in [0.2, 0.25) is 0 Å². The molecule has 8 nitrogen and oxygen atoms in total. The van der Waals surface area contributed by atoms with E-state index in [9.17, 15) is 14.4 Å². The number of esters is 1. The summed E-state index contributed by atoms with van der Waals surface area (Å²) < 4.78 is 4.86. The number of pyridine rings is 1. The molecule has 0 spiro atoms. The first-order chi connectivity index (χ1) is 16.4. The summed E-state index contributed by atoms with van der Waals surface area (Å²) in [5.74, 6) is -0.666. The number of hydrogen-bond donors (Lipinski definition) is 2. The maximum atomic E-state index is 13.2. The van der Waals surface area contributed by atoms with Crippen LogP contribution in [0.3, 0.4) is 0 Å². The number of aryl methyl sites for hydroxylation is 1. The number of halogens is 1. The molecule has 194 valence electrons. The summed E-state index contributed by atoms with van der Waals surface area (Å²) in [6.45, 7) is 10.1. The molecule has 1 atom stereocenters. The fourth-order valence-corrected chi connectivity index (χ4v) is 4.32. The first-order valence-electron chi connectivity index (χ1n) is 11.8. The van der Waals surface area contributed by atoms with E-state index in [2.05, 4.69) is 10.3 Å². The van der Waals surface area contributed by atoms with Gasteiger partial charge in [-0.05, 0) is 35.1 Å². The number of nitrogens with zero attached hydrogens (tertiary/aromatic N) is 2. The predicted octanol–water partition coefficient (Wildman–Crippen LogP) is 3.76. The van der Waals surface area contributed by atoms with Crippen molar-refractivity contribution in [2.45, 2.75) is 65.5 Å². The fraction of sp³-hybridized carbons (Fsp3) is 0.444. The quantitative estimate of drug-likeness (QED) is 0.376. The van der Waals surface area contributed by atoms with Crippen molar-refractivity contribution in [3.05, 3.63) is 64.0 Å². The minimum Gasteiger partial charge on any atom is -0.467 e. The van der Waals surface area contributed by atoms with Crippen LogP contribution >= 0.6 is 17.0 Å². The molecule has 9 heteroatoms. The average molecular weight is 560 g/mol. The Morgan fingerprint density at radius 1 is 1.19 bits per heavy atom. The molecular formula is C27H35BrN4O4. The van der Waals surface area contributed by atoms with Gasteiger partial charge in [0.1, 0.15) is 17.6 Å². The summed E-state index contributed by atoms with van der Waals surface area (Å²) in [7, 11) is 1.29. The molecule has 1 aromatic heterocycles. The molecule has 0 bridgehead atoms. The number of rotatable bonds is 8. The Kier molecular flexibility index (Phi) is 9.54. The summed E-state index contributed by atoms with van der Waals surface area (Å²) >= 11 is 0. The molecule has 1 aliphatic heterocycles. The highest BCUT2D eigenvalue weighted by Crippen LogP contribution is 2.29. The van der Waals surface area contributed by atoms with Gasteiger partial charge in [0.25, 0.3) is 0 Å².